The first-order valence-electron chi connectivity index (χ1n) is 4.57. The molecule has 7 nitrogen and oxygen atoms in total. The van der Waals surface area contributed by atoms with E-state index in [9.17, 15) is 4.79 Å². The molecule has 7 heteroatoms. The number of rotatable bonds is 2. The minimum atomic E-state index is -0.393. The minimum absolute atomic E-state index is 0.334. The molecule has 2 heterocycles. The lowest BCUT2D eigenvalue weighted by atomic mass is 10.2. The lowest BCUT2D eigenvalue weighted by molar-refractivity contribution is 0.0527. The molecule has 0 aromatic carbocycles. The van der Waals surface area contributed by atoms with E-state index in [2.05, 4.69) is 15.5 Å². The first-order chi connectivity index (χ1) is 7.15. The van der Waals surface area contributed by atoms with E-state index in [4.69, 9.17) is 4.74 Å². The first kappa shape index (κ1) is 9.63. The molecule has 2 aromatic rings. The number of ether oxygens (including phenoxy) is 1. The number of hydrogen-bond acceptors (Lipinski definition) is 5. The Balaban J connectivity index is 2.61. The van der Waals surface area contributed by atoms with Crippen molar-refractivity contribution in [3.8, 4) is 0 Å². The summed E-state index contributed by atoms with van der Waals surface area (Å²) in [7, 11) is 1.70. The van der Waals surface area contributed by atoms with Crippen molar-refractivity contribution in [3.05, 3.63) is 11.3 Å². The third-order valence-corrected chi connectivity index (χ3v) is 2.06. The predicted molar refractivity (Wildman–Crippen MR) is 50.4 cm³/mol. The molecule has 0 atom stereocenters. The molecule has 0 saturated carbocycles. The summed E-state index contributed by atoms with van der Waals surface area (Å²) in [6.07, 6.45) is 0. The summed E-state index contributed by atoms with van der Waals surface area (Å²) >= 11 is 0. The Hall–Kier alpha value is -1.92. The fraction of sp³-hybridized carbons (Fsp3) is 0.500. The molecule has 0 saturated heterocycles. The summed E-state index contributed by atoms with van der Waals surface area (Å²) in [5.74, 6) is -0.393. The van der Waals surface area contributed by atoms with E-state index >= 15 is 0 Å². The van der Waals surface area contributed by atoms with Gasteiger partial charge in [0.2, 0.25) is 0 Å². The normalized spacial score (nSPS) is 10.9. The van der Waals surface area contributed by atoms with Crippen LogP contribution in [-0.2, 0) is 11.8 Å². The SMILES string of the molecule is CCOC(=O)c1c(C)nn2nnn(C)c12. The van der Waals surface area contributed by atoms with Crippen molar-refractivity contribution in [2.24, 2.45) is 7.05 Å². The summed E-state index contributed by atoms with van der Waals surface area (Å²) in [4.78, 5) is 11.6. The van der Waals surface area contributed by atoms with Gasteiger partial charge in [0.1, 0.15) is 5.56 Å². The molecule has 0 N–H and O–H groups in total. The van der Waals surface area contributed by atoms with E-state index in [0.29, 0.717) is 23.5 Å². The van der Waals surface area contributed by atoms with Crippen molar-refractivity contribution in [3.63, 3.8) is 0 Å². The van der Waals surface area contributed by atoms with Gasteiger partial charge in [-0.15, -0.1) is 4.63 Å². The third-order valence-electron chi connectivity index (χ3n) is 2.06. The van der Waals surface area contributed by atoms with Gasteiger partial charge in [-0.3, -0.25) is 0 Å². The molecule has 0 unspecified atom stereocenters. The zero-order valence-corrected chi connectivity index (χ0v) is 8.76. The van der Waals surface area contributed by atoms with E-state index < -0.39 is 5.97 Å². The molecule has 0 aliphatic carbocycles. The molecule has 0 aliphatic rings. The Morgan fingerprint density at radius 2 is 2.20 bits per heavy atom. The maximum atomic E-state index is 11.6. The van der Waals surface area contributed by atoms with Crippen LogP contribution in [0.15, 0.2) is 0 Å². The number of nitrogens with zero attached hydrogens (tertiary/aromatic N) is 5. The third kappa shape index (κ3) is 1.36. The number of carbonyl (C=O) groups is 1. The molecule has 80 valence electrons. The molecule has 0 spiro atoms. The van der Waals surface area contributed by atoms with Gasteiger partial charge in [0.25, 0.3) is 0 Å². The highest BCUT2D eigenvalue weighted by Crippen LogP contribution is 2.14. The molecule has 0 radical (unpaired) electrons. The number of esters is 1. The monoisotopic (exact) mass is 209 g/mol. The largest absolute Gasteiger partial charge is 0.462 e. The summed E-state index contributed by atoms with van der Waals surface area (Å²) in [5.41, 5.74) is 1.56. The number of hydrogen-bond donors (Lipinski definition) is 0. The van der Waals surface area contributed by atoms with E-state index in [0.717, 1.165) is 0 Å². The van der Waals surface area contributed by atoms with Gasteiger partial charge in [0.15, 0.2) is 5.65 Å². The van der Waals surface area contributed by atoms with Crippen LogP contribution < -0.4 is 0 Å². The van der Waals surface area contributed by atoms with Crippen molar-refractivity contribution < 1.29 is 9.53 Å². The van der Waals surface area contributed by atoms with Crippen molar-refractivity contribution in [2.45, 2.75) is 13.8 Å². The summed E-state index contributed by atoms with van der Waals surface area (Å²) in [6, 6.07) is 0. The lowest BCUT2D eigenvalue weighted by Gasteiger charge is -1.99. The molecule has 2 rings (SSSR count). The highest BCUT2D eigenvalue weighted by Gasteiger charge is 2.21. The van der Waals surface area contributed by atoms with Crippen LogP contribution in [0.2, 0.25) is 0 Å². The van der Waals surface area contributed by atoms with Gasteiger partial charge in [0, 0.05) is 7.05 Å². The summed E-state index contributed by atoms with van der Waals surface area (Å²) in [5, 5.41) is 11.6. The van der Waals surface area contributed by atoms with E-state index in [1.165, 1.54) is 9.31 Å². The number of aryl methyl sites for hydroxylation is 2. The van der Waals surface area contributed by atoms with E-state index in [-0.39, 0.29) is 0 Å². The fourth-order valence-electron chi connectivity index (χ4n) is 1.44. The van der Waals surface area contributed by atoms with Gasteiger partial charge in [0.05, 0.1) is 12.3 Å². The van der Waals surface area contributed by atoms with Gasteiger partial charge < -0.3 is 4.74 Å². The van der Waals surface area contributed by atoms with Crippen LogP contribution in [0, 0.1) is 6.92 Å². The van der Waals surface area contributed by atoms with Crippen molar-refractivity contribution in [1.82, 2.24) is 24.8 Å². The quantitative estimate of drug-likeness (QED) is 0.648. The van der Waals surface area contributed by atoms with Crippen LogP contribution in [0.3, 0.4) is 0 Å². The van der Waals surface area contributed by atoms with Crippen LogP contribution in [0.5, 0.6) is 0 Å². The van der Waals surface area contributed by atoms with Crippen LogP contribution in [0.1, 0.15) is 23.0 Å². The molecule has 2 aromatic heterocycles. The average molecular weight is 209 g/mol. The Labute approximate surface area is 85.6 Å². The smallest absolute Gasteiger partial charge is 0.343 e. The van der Waals surface area contributed by atoms with Crippen LogP contribution in [0.25, 0.3) is 5.65 Å². The molecular formula is C8H11N5O2. The number of tetrazole rings is 1. The topological polar surface area (TPSA) is 74.3 Å². The van der Waals surface area contributed by atoms with Crippen LogP contribution in [0.4, 0.5) is 0 Å². The Bertz CT molecular complexity index is 512. The van der Waals surface area contributed by atoms with Gasteiger partial charge in [-0.25, -0.2) is 9.48 Å². The van der Waals surface area contributed by atoms with Crippen molar-refractivity contribution in [1.29, 1.82) is 0 Å². The van der Waals surface area contributed by atoms with Gasteiger partial charge in [-0.1, -0.05) is 0 Å². The van der Waals surface area contributed by atoms with E-state index in [1.807, 2.05) is 0 Å². The Morgan fingerprint density at radius 3 is 2.87 bits per heavy atom. The van der Waals surface area contributed by atoms with Crippen LogP contribution >= 0.6 is 0 Å². The zero-order chi connectivity index (χ0) is 11.0. The van der Waals surface area contributed by atoms with Crippen molar-refractivity contribution in [2.75, 3.05) is 6.61 Å². The molecule has 0 amide bonds. The number of carbonyl (C=O) groups excluding carboxylic acids is 1. The molecule has 0 aliphatic heterocycles. The average Bonchev–Trinajstić information content (AvgIpc) is 2.67. The maximum absolute atomic E-state index is 11.6. The molecule has 0 fully saturated rings. The second-order valence-electron chi connectivity index (χ2n) is 3.10. The van der Waals surface area contributed by atoms with Gasteiger partial charge >= 0.3 is 5.97 Å². The minimum Gasteiger partial charge on any atom is -0.462 e. The highest BCUT2D eigenvalue weighted by molar-refractivity contribution is 5.97. The first-order valence-corrected chi connectivity index (χ1v) is 4.57. The number of fused-ring (bicyclic) bond motifs is 1. The molecule has 15 heavy (non-hydrogen) atoms. The maximum Gasteiger partial charge on any atom is 0.343 e. The summed E-state index contributed by atoms with van der Waals surface area (Å²) in [6.45, 7) is 3.83. The number of aromatic nitrogens is 5. The van der Waals surface area contributed by atoms with Gasteiger partial charge in [-0.05, 0) is 24.3 Å². The molecular weight excluding hydrogens is 198 g/mol. The highest BCUT2D eigenvalue weighted by atomic mass is 16.5. The second kappa shape index (κ2) is 3.34. The van der Waals surface area contributed by atoms with Gasteiger partial charge in [-0.2, -0.15) is 5.10 Å². The van der Waals surface area contributed by atoms with Crippen LogP contribution in [-0.4, -0.2) is 37.4 Å². The Kier molecular flexibility index (Phi) is 2.14. The fourth-order valence-corrected chi connectivity index (χ4v) is 1.44. The lowest BCUT2D eigenvalue weighted by Crippen LogP contribution is -2.07. The zero-order valence-electron chi connectivity index (χ0n) is 8.76. The Morgan fingerprint density at radius 1 is 1.47 bits per heavy atom. The second-order valence-corrected chi connectivity index (χ2v) is 3.10. The predicted octanol–water partition coefficient (Wildman–Crippen LogP) is -0.0521. The van der Waals surface area contributed by atoms with E-state index in [1.54, 1.807) is 20.9 Å². The molecule has 0 bridgehead atoms. The standard InChI is InChI=1S/C8H11N5O2/c1-4-15-8(14)6-5(2)9-13-7(6)12(3)10-11-13/h4H2,1-3H3. The van der Waals surface area contributed by atoms with Crippen molar-refractivity contribution >= 4 is 11.6 Å². The summed E-state index contributed by atoms with van der Waals surface area (Å²) < 4.78 is 7.75.